The summed E-state index contributed by atoms with van der Waals surface area (Å²) in [7, 11) is 0. The van der Waals surface area contributed by atoms with E-state index in [1.807, 2.05) is 30.5 Å². The summed E-state index contributed by atoms with van der Waals surface area (Å²) in [6, 6.07) is 10.1. The van der Waals surface area contributed by atoms with E-state index in [0.29, 0.717) is 13.2 Å². The Morgan fingerprint density at radius 3 is 2.93 bits per heavy atom. The number of ether oxygens (including phenoxy) is 1. The van der Waals surface area contributed by atoms with Crippen LogP contribution in [0, 0.1) is 5.92 Å². The maximum absolute atomic E-state index is 12.4. The third-order valence-electron chi connectivity index (χ3n) is 4.81. The van der Waals surface area contributed by atoms with Crippen LogP contribution in [-0.2, 0) is 11.3 Å². The molecule has 1 fully saturated rings. The van der Waals surface area contributed by atoms with Crippen molar-refractivity contribution >= 4 is 43.9 Å². The summed E-state index contributed by atoms with van der Waals surface area (Å²) in [6.07, 6.45) is 1.74. The van der Waals surface area contributed by atoms with Gasteiger partial charge < -0.3 is 15.0 Å². The lowest BCUT2D eigenvalue weighted by Crippen LogP contribution is -2.40. The van der Waals surface area contributed by atoms with Gasteiger partial charge in [0.25, 0.3) is 0 Å². The molecule has 1 aromatic carbocycles. The monoisotopic (exact) mass is 401 g/mol. The average Bonchev–Trinajstić information content (AvgIpc) is 3.36. The molecule has 0 saturated carbocycles. The van der Waals surface area contributed by atoms with Crippen LogP contribution < -0.4 is 15.0 Å². The Morgan fingerprint density at radius 2 is 2.19 bits per heavy atom. The van der Waals surface area contributed by atoms with Crippen molar-refractivity contribution in [2.75, 3.05) is 24.6 Å². The van der Waals surface area contributed by atoms with Crippen LogP contribution in [0.2, 0.25) is 0 Å². The van der Waals surface area contributed by atoms with Crippen molar-refractivity contribution in [3.63, 3.8) is 0 Å². The number of hydrogen-bond acceptors (Lipinski definition) is 6. The largest absolute Gasteiger partial charge is 0.494 e. The Bertz CT molecular complexity index is 899. The van der Waals surface area contributed by atoms with Gasteiger partial charge in [0.2, 0.25) is 5.91 Å². The average molecular weight is 402 g/mol. The van der Waals surface area contributed by atoms with Gasteiger partial charge in [-0.2, -0.15) is 0 Å². The van der Waals surface area contributed by atoms with Gasteiger partial charge in [0.05, 0.1) is 23.4 Å². The summed E-state index contributed by atoms with van der Waals surface area (Å²) in [5.41, 5.74) is 1.01. The van der Waals surface area contributed by atoms with Gasteiger partial charge in [0.15, 0.2) is 5.13 Å². The Kier molecular flexibility index (Phi) is 5.59. The fourth-order valence-corrected chi connectivity index (χ4v) is 5.04. The number of carbonyl (C=O) groups excluding carboxylic acids is 1. The molecular formula is C20H23N3O2S2. The van der Waals surface area contributed by atoms with E-state index in [9.17, 15) is 4.79 Å². The van der Waals surface area contributed by atoms with Crippen LogP contribution in [0.25, 0.3) is 10.2 Å². The van der Waals surface area contributed by atoms with Gasteiger partial charge in [-0.25, -0.2) is 4.98 Å². The molecule has 27 heavy (non-hydrogen) atoms. The van der Waals surface area contributed by atoms with E-state index < -0.39 is 0 Å². The van der Waals surface area contributed by atoms with Crippen molar-refractivity contribution in [3.8, 4) is 5.75 Å². The van der Waals surface area contributed by atoms with Crippen LogP contribution >= 0.6 is 22.7 Å². The molecule has 0 spiro atoms. The number of aromatic nitrogens is 1. The SMILES string of the molecule is CCOc1ccc2nc(N3CCC(C(=O)NCc4cccs4)CC3)sc2c1. The highest BCUT2D eigenvalue weighted by Crippen LogP contribution is 2.33. The minimum Gasteiger partial charge on any atom is -0.494 e. The summed E-state index contributed by atoms with van der Waals surface area (Å²) < 4.78 is 6.73. The second-order valence-corrected chi connectivity index (χ2v) is 8.66. The van der Waals surface area contributed by atoms with Crippen LogP contribution in [0.5, 0.6) is 5.75 Å². The number of fused-ring (bicyclic) bond motifs is 1. The predicted molar refractivity (Wildman–Crippen MR) is 112 cm³/mol. The third-order valence-corrected chi connectivity index (χ3v) is 6.77. The number of nitrogens with one attached hydrogen (secondary N) is 1. The van der Waals surface area contributed by atoms with Gasteiger partial charge in [-0.1, -0.05) is 17.4 Å². The lowest BCUT2D eigenvalue weighted by atomic mass is 9.96. The van der Waals surface area contributed by atoms with Gasteiger partial charge in [-0.3, -0.25) is 4.79 Å². The van der Waals surface area contributed by atoms with E-state index in [-0.39, 0.29) is 11.8 Å². The lowest BCUT2D eigenvalue weighted by Gasteiger charge is -2.31. The number of hydrogen-bond donors (Lipinski definition) is 1. The molecule has 1 N–H and O–H groups in total. The first-order valence-corrected chi connectivity index (χ1v) is 11.0. The van der Waals surface area contributed by atoms with Gasteiger partial charge >= 0.3 is 0 Å². The van der Waals surface area contributed by atoms with Crippen molar-refractivity contribution in [1.82, 2.24) is 10.3 Å². The molecule has 142 valence electrons. The van der Waals surface area contributed by atoms with Crippen molar-refractivity contribution in [2.45, 2.75) is 26.3 Å². The molecule has 0 atom stereocenters. The van der Waals surface area contributed by atoms with Crippen molar-refractivity contribution in [1.29, 1.82) is 0 Å². The summed E-state index contributed by atoms with van der Waals surface area (Å²) >= 11 is 3.37. The number of piperidine rings is 1. The Morgan fingerprint density at radius 1 is 1.33 bits per heavy atom. The zero-order valence-corrected chi connectivity index (χ0v) is 16.9. The number of carbonyl (C=O) groups is 1. The number of thiazole rings is 1. The fraction of sp³-hybridized carbons (Fsp3) is 0.400. The Labute approximate surface area is 167 Å². The van der Waals surface area contributed by atoms with E-state index in [1.165, 1.54) is 4.88 Å². The smallest absolute Gasteiger partial charge is 0.223 e. The second kappa shape index (κ2) is 8.27. The first-order valence-electron chi connectivity index (χ1n) is 9.31. The van der Waals surface area contributed by atoms with Gasteiger partial charge in [0.1, 0.15) is 5.75 Å². The molecule has 0 aliphatic carbocycles. The number of benzene rings is 1. The molecule has 0 bridgehead atoms. The molecule has 3 aromatic rings. The first-order chi connectivity index (χ1) is 13.2. The quantitative estimate of drug-likeness (QED) is 0.669. The number of rotatable bonds is 6. The van der Waals surface area contributed by atoms with Crippen molar-refractivity contribution in [2.24, 2.45) is 5.92 Å². The van der Waals surface area contributed by atoms with E-state index in [1.54, 1.807) is 22.7 Å². The summed E-state index contributed by atoms with van der Waals surface area (Å²) in [5.74, 6) is 1.16. The van der Waals surface area contributed by atoms with Crippen LogP contribution in [0.1, 0.15) is 24.6 Å². The van der Waals surface area contributed by atoms with Gasteiger partial charge in [0, 0.05) is 23.9 Å². The molecule has 1 amide bonds. The molecule has 7 heteroatoms. The van der Waals surface area contributed by atoms with Crippen LogP contribution in [-0.4, -0.2) is 30.6 Å². The molecule has 4 rings (SSSR count). The molecule has 1 aliphatic rings. The molecule has 2 aromatic heterocycles. The van der Waals surface area contributed by atoms with Crippen LogP contribution in [0.3, 0.4) is 0 Å². The number of anilines is 1. The Hall–Kier alpha value is -2.12. The van der Waals surface area contributed by atoms with E-state index in [2.05, 4.69) is 22.3 Å². The first kappa shape index (κ1) is 18.3. The maximum Gasteiger partial charge on any atom is 0.223 e. The molecule has 0 unspecified atom stereocenters. The number of thiophene rings is 1. The van der Waals surface area contributed by atoms with E-state index in [0.717, 1.165) is 47.0 Å². The molecule has 0 radical (unpaired) electrons. The zero-order chi connectivity index (χ0) is 18.6. The standard InChI is InChI=1S/C20H23N3O2S2/c1-2-25-15-5-6-17-18(12-15)27-20(22-17)23-9-7-14(8-10-23)19(24)21-13-16-4-3-11-26-16/h3-6,11-12,14H,2,7-10,13H2,1H3,(H,21,24). The van der Waals surface area contributed by atoms with Crippen molar-refractivity contribution in [3.05, 3.63) is 40.6 Å². The summed E-state index contributed by atoms with van der Waals surface area (Å²) in [6.45, 7) is 5.03. The number of amides is 1. The highest BCUT2D eigenvalue weighted by atomic mass is 32.1. The summed E-state index contributed by atoms with van der Waals surface area (Å²) in [5, 5.41) is 6.15. The second-order valence-electron chi connectivity index (χ2n) is 6.62. The highest BCUT2D eigenvalue weighted by Gasteiger charge is 2.26. The minimum absolute atomic E-state index is 0.0974. The van der Waals surface area contributed by atoms with Crippen LogP contribution in [0.4, 0.5) is 5.13 Å². The zero-order valence-electron chi connectivity index (χ0n) is 15.3. The summed E-state index contributed by atoms with van der Waals surface area (Å²) in [4.78, 5) is 20.7. The molecule has 3 heterocycles. The number of nitrogens with zero attached hydrogens (tertiary/aromatic N) is 2. The minimum atomic E-state index is 0.0974. The van der Waals surface area contributed by atoms with Crippen LogP contribution in [0.15, 0.2) is 35.7 Å². The molecule has 1 saturated heterocycles. The highest BCUT2D eigenvalue weighted by molar-refractivity contribution is 7.22. The maximum atomic E-state index is 12.4. The third kappa shape index (κ3) is 4.25. The van der Waals surface area contributed by atoms with Gasteiger partial charge in [-0.15, -0.1) is 11.3 Å². The lowest BCUT2D eigenvalue weighted by molar-refractivity contribution is -0.125. The molecule has 5 nitrogen and oxygen atoms in total. The normalized spacial score (nSPS) is 15.2. The molecular weight excluding hydrogens is 378 g/mol. The van der Waals surface area contributed by atoms with E-state index >= 15 is 0 Å². The predicted octanol–water partition coefficient (Wildman–Crippen LogP) is 4.29. The Balaban J connectivity index is 1.34. The van der Waals surface area contributed by atoms with E-state index in [4.69, 9.17) is 9.72 Å². The van der Waals surface area contributed by atoms with Gasteiger partial charge in [-0.05, 0) is 49.4 Å². The molecule has 1 aliphatic heterocycles. The fourth-order valence-electron chi connectivity index (χ4n) is 3.35. The van der Waals surface area contributed by atoms with Crippen molar-refractivity contribution < 1.29 is 9.53 Å². The topological polar surface area (TPSA) is 54.5 Å².